The van der Waals surface area contributed by atoms with Crippen molar-refractivity contribution in [1.29, 1.82) is 0 Å². The number of aliphatic imine (C=N–C) groups is 1. The third-order valence-corrected chi connectivity index (χ3v) is 3.86. The van der Waals surface area contributed by atoms with Gasteiger partial charge >= 0.3 is 0 Å². The summed E-state index contributed by atoms with van der Waals surface area (Å²) in [6.45, 7) is 8.89. The van der Waals surface area contributed by atoms with Gasteiger partial charge in [-0.3, -0.25) is 9.48 Å². The summed E-state index contributed by atoms with van der Waals surface area (Å²) in [6, 6.07) is 0.254. The van der Waals surface area contributed by atoms with Crippen molar-refractivity contribution < 1.29 is 4.79 Å². The van der Waals surface area contributed by atoms with E-state index < -0.39 is 0 Å². The van der Waals surface area contributed by atoms with Gasteiger partial charge in [-0.15, -0.1) is 24.0 Å². The number of hydrogen-bond donors (Lipinski definition) is 2. The van der Waals surface area contributed by atoms with E-state index in [-0.39, 0.29) is 41.8 Å². The molecule has 1 aliphatic heterocycles. The van der Waals surface area contributed by atoms with Crippen molar-refractivity contribution in [2.24, 2.45) is 18.0 Å². The summed E-state index contributed by atoms with van der Waals surface area (Å²) in [4.78, 5) is 18.6. The van der Waals surface area contributed by atoms with E-state index in [4.69, 9.17) is 0 Å². The van der Waals surface area contributed by atoms with Crippen LogP contribution in [0.25, 0.3) is 0 Å². The number of likely N-dealkylation sites (tertiary alicyclic amines) is 1. The maximum Gasteiger partial charge on any atom is 0.225 e. The number of amides is 1. The van der Waals surface area contributed by atoms with E-state index in [0.29, 0.717) is 6.54 Å². The monoisotopic (exact) mass is 448 g/mol. The Kier molecular flexibility index (Phi) is 8.51. The number of halogens is 1. The molecule has 2 rings (SSSR count). The zero-order chi connectivity index (χ0) is 16.8. The smallest absolute Gasteiger partial charge is 0.225 e. The fraction of sp³-hybridized carbons (Fsp3) is 0.688. The van der Waals surface area contributed by atoms with Gasteiger partial charge in [0.25, 0.3) is 0 Å². The summed E-state index contributed by atoms with van der Waals surface area (Å²) in [6.07, 6.45) is 4.74. The highest BCUT2D eigenvalue weighted by Gasteiger charge is 2.27. The van der Waals surface area contributed by atoms with E-state index in [0.717, 1.165) is 37.6 Å². The Bertz CT molecular complexity index is 557. The van der Waals surface area contributed by atoms with Crippen LogP contribution in [-0.2, 0) is 18.4 Å². The Balaban J connectivity index is 0.00000288. The normalized spacial score (nSPS) is 17.8. The highest BCUT2D eigenvalue weighted by Crippen LogP contribution is 2.12. The van der Waals surface area contributed by atoms with Crippen molar-refractivity contribution in [3.05, 3.63) is 18.0 Å². The van der Waals surface area contributed by atoms with Crippen LogP contribution >= 0.6 is 24.0 Å². The van der Waals surface area contributed by atoms with Gasteiger partial charge < -0.3 is 15.5 Å². The minimum atomic E-state index is 0. The van der Waals surface area contributed by atoms with Crippen LogP contribution in [0.3, 0.4) is 0 Å². The predicted molar refractivity (Wildman–Crippen MR) is 106 cm³/mol. The Morgan fingerprint density at radius 1 is 1.50 bits per heavy atom. The second kappa shape index (κ2) is 9.85. The number of carbonyl (C=O) groups excluding carboxylic acids is 1. The molecule has 0 radical (unpaired) electrons. The molecule has 1 aliphatic rings. The van der Waals surface area contributed by atoms with Gasteiger partial charge in [-0.05, 0) is 13.3 Å². The molecular weight excluding hydrogens is 419 g/mol. The van der Waals surface area contributed by atoms with Crippen molar-refractivity contribution in [1.82, 2.24) is 25.3 Å². The van der Waals surface area contributed by atoms with Gasteiger partial charge in [0.1, 0.15) is 0 Å². The summed E-state index contributed by atoms with van der Waals surface area (Å²) in [5.41, 5.74) is 1.08. The number of carbonyl (C=O) groups is 1. The Hall–Kier alpha value is -1.32. The summed E-state index contributed by atoms with van der Waals surface area (Å²) in [7, 11) is 1.90. The number of nitrogens with zero attached hydrogens (tertiary/aromatic N) is 4. The van der Waals surface area contributed by atoms with Gasteiger partial charge in [-0.25, -0.2) is 4.99 Å². The average molecular weight is 448 g/mol. The van der Waals surface area contributed by atoms with Crippen LogP contribution in [0.1, 0.15) is 32.8 Å². The zero-order valence-electron chi connectivity index (χ0n) is 15.0. The molecule has 1 aromatic rings. The first-order valence-corrected chi connectivity index (χ1v) is 8.30. The molecule has 136 valence electrons. The van der Waals surface area contributed by atoms with Crippen LogP contribution in [0.4, 0.5) is 0 Å². The molecule has 7 nitrogen and oxygen atoms in total. The van der Waals surface area contributed by atoms with Crippen LogP contribution in [0.2, 0.25) is 0 Å². The van der Waals surface area contributed by atoms with E-state index >= 15 is 0 Å². The van der Waals surface area contributed by atoms with Gasteiger partial charge in [0.15, 0.2) is 5.96 Å². The number of aryl methyl sites for hydroxylation is 1. The second-order valence-corrected chi connectivity index (χ2v) is 6.29. The molecule has 1 aromatic heterocycles. The van der Waals surface area contributed by atoms with Crippen LogP contribution in [-0.4, -0.2) is 52.2 Å². The molecular formula is C16H29IN6O. The summed E-state index contributed by atoms with van der Waals surface area (Å²) in [5, 5.41) is 10.8. The summed E-state index contributed by atoms with van der Waals surface area (Å²) < 4.78 is 1.78. The highest BCUT2D eigenvalue weighted by atomic mass is 127. The fourth-order valence-corrected chi connectivity index (χ4v) is 2.68. The lowest BCUT2D eigenvalue weighted by Gasteiger charge is -2.20. The van der Waals surface area contributed by atoms with Crippen LogP contribution < -0.4 is 10.6 Å². The lowest BCUT2D eigenvalue weighted by molar-refractivity contribution is -0.133. The van der Waals surface area contributed by atoms with Gasteiger partial charge in [0.05, 0.1) is 12.7 Å². The standard InChI is InChI=1S/C16H28N6O.HI/c1-5-17-16(18-8-13-9-19-21(4)10-13)20-14-6-7-22(11-14)15(23)12(2)3;/h9-10,12,14H,5-8,11H2,1-4H3,(H2,17,18,20);1H. The number of guanidine groups is 1. The molecule has 8 heteroatoms. The third-order valence-electron chi connectivity index (χ3n) is 3.86. The molecule has 1 unspecified atom stereocenters. The molecule has 0 aliphatic carbocycles. The lowest BCUT2D eigenvalue weighted by atomic mass is 10.2. The van der Waals surface area contributed by atoms with Crippen molar-refractivity contribution in [2.45, 2.75) is 39.8 Å². The molecule has 24 heavy (non-hydrogen) atoms. The van der Waals surface area contributed by atoms with Gasteiger partial charge in [0.2, 0.25) is 5.91 Å². The molecule has 1 amide bonds. The topological polar surface area (TPSA) is 74.6 Å². The molecule has 2 heterocycles. The fourth-order valence-electron chi connectivity index (χ4n) is 2.68. The van der Waals surface area contributed by atoms with Gasteiger partial charge in [0, 0.05) is 50.4 Å². The van der Waals surface area contributed by atoms with Gasteiger partial charge in [-0.1, -0.05) is 13.8 Å². The number of aromatic nitrogens is 2. The van der Waals surface area contributed by atoms with Crippen LogP contribution in [0, 0.1) is 5.92 Å². The molecule has 0 saturated carbocycles. The molecule has 0 bridgehead atoms. The first kappa shape index (κ1) is 20.7. The molecule has 2 N–H and O–H groups in total. The van der Waals surface area contributed by atoms with E-state index in [2.05, 4.69) is 20.7 Å². The zero-order valence-corrected chi connectivity index (χ0v) is 17.3. The Morgan fingerprint density at radius 3 is 2.83 bits per heavy atom. The Labute approximate surface area is 161 Å². The quantitative estimate of drug-likeness (QED) is 0.405. The summed E-state index contributed by atoms with van der Waals surface area (Å²) in [5.74, 6) is 1.08. The van der Waals surface area contributed by atoms with E-state index in [1.54, 1.807) is 4.68 Å². The second-order valence-electron chi connectivity index (χ2n) is 6.29. The molecule has 1 fully saturated rings. The van der Waals surface area contributed by atoms with Crippen molar-refractivity contribution in [3.8, 4) is 0 Å². The Morgan fingerprint density at radius 2 is 2.25 bits per heavy atom. The lowest BCUT2D eigenvalue weighted by Crippen LogP contribution is -2.45. The average Bonchev–Trinajstić information content (AvgIpc) is 3.13. The van der Waals surface area contributed by atoms with Gasteiger partial charge in [-0.2, -0.15) is 5.10 Å². The predicted octanol–water partition coefficient (Wildman–Crippen LogP) is 1.35. The van der Waals surface area contributed by atoms with Crippen LogP contribution in [0.5, 0.6) is 0 Å². The third kappa shape index (κ3) is 5.95. The molecule has 0 spiro atoms. The molecule has 1 atom stereocenters. The first-order chi connectivity index (χ1) is 11.0. The highest BCUT2D eigenvalue weighted by molar-refractivity contribution is 14.0. The minimum absolute atomic E-state index is 0. The summed E-state index contributed by atoms with van der Waals surface area (Å²) >= 11 is 0. The number of hydrogen-bond acceptors (Lipinski definition) is 3. The number of rotatable bonds is 5. The van der Waals surface area contributed by atoms with E-state index in [1.807, 2.05) is 45.1 Å². The maximum atomic E-state index is 12.1. The molecule has 0 aromatic carbocycles. The number of nitrogens with one attached hydrogen (secondary N) is 2. The first-order valence-electron chi connectivity index (χ1n) is 8.30. The van der Waals surface area contributed by atoms with E-state index in [9.17, 15) is 4.79 Å². The molecule has 1 saturated heterocycles. The van der Waals surface area contributed by atoms with Crippen molar-refractivity contribution in [2.75, 3.05) is 19.6 Å². The van der Waals surface area contributed by atoms with Crippen molar-refractivity contribution in [3.63, 3.8) is 0 Å². The SMILES string of the molecule is CCNC(=NCc1cnn(C)c1)NC1CCN(C(=O)C(C)C)C1.I. The van der Waals surface area contributed by atoms with E-state index in [1.165, 1.54) is 0 Å². The maximum absolute atomic E-state index is 12.1. The minimum Gasteiger partial charge on any atom is -0.357 e. The largest absolute Gasteiger partial charge is 0.357 e. The van der Waals surface area contributed by atoms with Crippen LogP contribution in [0.15, 0.2) is 17.4 Å². The van der Waals surface area contributed by atoms with Crippen molar-refractivity contribution >= 4 is 35.8 Å².